The van der Waals surface area contributed by atoms with E-state index in [0.717, 1.165) is 23.8 Å². The molecule has 4 nitrogen and oxygen atoms in total. The van der Waals surface area contributed by atoms with E-state index in [1.165, 1.54) is 0 Å². The van der Waals surface area contributed by atoms with E-state index in [4.69, 9.17) is 0 Å². The Morgan fingerprint density at radius 2 is 2.20 bits per heavy atom. The molecule has 0 bridgehead atoms. The van der Waals surface area contributed by atoms with Crippen molar-refractivity contribution in [3.8, 4) is 0 Å². The molecule has 0 amide bonds. The summed E-state index contributed by atoms with van der Waals surface area (Å²) in [5.74, 6) is 0.899. The maximum Gasteiger partial charge on any atom is 0.126 e. The van der Waals surface area contributed by atoms with Crippen LogP contribution in [-0.4, -0.2) is 14.8 Å². The van der Waals surface area contributed by atoms with Crippen LogP contribution in [0.2, 0.25) is 0 Å². The number of anilines is 1. The Morgan fingerprint density at radius 3 is 2.87 bits per heavy atom. The van der Waals surface area contributed by atoms with E-state index < -0.39 is 0 Å². The average molecular weight is 202 g/mol. The number of aryl methyl sites for hydroxylation is 2. The highest BCUT2D eigenvalue weighted by Gasteiger charge is 1.98. The lowest BCUT2D eigenvalue weighted by Gasteiger charge is -2.06. The van der Waals surface area contributed by atoms with Crippen LogP contribution in [0.15, 0.2) is 30.5 Å². The van der Waals surface area contributed by atoms with Crippen molar-refractivity contribution in [3.63, 3.8) is 0 Å². The van der Waals surface area contributed by atoms with Crippen LogP contribution in [0.4, 0.5) is 5.82 Å². The zero-order chi connectivity index (χ0) is 10.7. The van der Waals surface area contributed by atoms with Crippen LogP contribution < -0.4 is 5.32 Å². The maximum atomic E-state index is 4.36. The predicted octanol–water partition coefficient (Wildman–Crippen LogP) is 1.74. The Balaban J connectivity index is 2.02. The molecule has 2 heterocycles. The summed E-state index contributed by atoms with van der Waals surface area (Å²) in [7, 11) is 1.93. The second-order valence-electron chi connectivity index (χ2n) is 3.46. The Labute approximate surface area is 89.0 Å². The number of hydrogen-bond donors (Lipinski definition) is 1. The number of nitrogens with one attached hydrogen (secondary N) is 1. The number of aromatic nitrogens is 3. The molecule has 1 N–H and O–H groups in total. The molecule has 0 aromatic carbocycles. The van der Waals surface area contributed by atoms with Gasteiger partial charge in [-0.2, -0.15) is 5.10 Å². The van der Waals surface area contributed by atoms with Gasteiger partial charge >= 0.3 is 0 Å². The van der Waals surface area contributed by atoms with Crippen LogP contribution >= 0.6 is 0 Å². The molecule has 0 saturated carbocycles. The maximum absolute atomic E-state index is 4.36. The Bertz CT molecular complexity index is 447. The largest absolute Gasteiger partial charge is 0.364 e. The number of hydrogen-bond acceptors (Lipinski definition) is 3. The smallest absolute Gasteiger partial charge is 0.126 e. The highest BCUT2D eigenvalue weighted by atomic mass is 15.3. The van der Waals surface area contributed by atoms with Crippen molar-refractivity contribution in [2.45, 2.75) is 13.5 Å². The molecule has 4 heteroatoms. The lowest BCUT2D eigenvalue weighted by Crippen LogP contribution is -2.06. The molecule has 78 valence electrons. The number of nitrogens with zero attached hydrogens (tertiary/aromatic N) is 3. The van der Waals surface area contributed by atoms with Gasteiger partial charge in [0, 0.05) is 18.9 Å². The van der Waals surface area contributed by atoms with Gasteiger partial charge in [0.05, 0.1) is 12.2 Å². The molecular weight excluding hydrogens is 188 g/mol. The first-order valence-corrected chi connectivity index (χ1v) is 4.90. The highest BCUT2D eigenvalue weighted by molar-refractivity contribution is 5.35. The summed E-state index contributed by atoms with van der Waals surface area (Å²) < 4.78 is 1.85. The van der Waals surface area contributed by atoms with E-state index in [9.17, 15) is 0 Å². The molecule has 15 heavy (non-hydrogen) atoms. The van der Waals surface area contributed by atoms with Crippen LogP contribution in [-0.2, 0) is 13.6 Å². The molecule has 0 spiro atoms. The second-order valence-corrected chi connectivity index (χ2v) is 3.46. The molecule has 0 aliphatic rings. The summed E-state index contributed by atoms with van der Waals surface area (Å²) in [6, 6.07) is 7.93. The second kappa shape index (κ2) is 4.13. The summed E-state index contributed by atoms with van der Waals surface area (Å²) in [6.07, 6.45) is 1.79. The van der Waals surface area contributed by atoms with Gasteiger partial charge in [0.25, 0.3) is 0 Å². The third-order valence-corrected chi connectivity index (χ3v) is 2.26. The van der Waals surface area contributed by atoms with Crippen LogP contribution in [0.5, 0.6) is 0 Å². The summed E-state index contributed by atoms with van der Waals surface area (Å²) in [5.41, 5.74) is 2.16. The van der Waals surface area contributed by atoms with Crippen molar-refractivity contribution in [1.29, 1.82) is 0 Å². The Morgan fingerprint density at radius 1 is 1.33 bits per heavy atom. The zero-order valence-corrected chi connectivity index (χ0v) is 8.94. The molecule has 0 aliphatic heterocycles. The van der Waals surface area contributed by atoms with Gasteiger partial charge in [0.15, 0.2) is 0 Å². The molecule has 0 fully saturated rings. The van der Waals surface area contributed by atoms with Gasteiger partial charge in [0.1, 0.15) is 5.82 Å². The lowest BCUT2D eigenvalue weighted by atomic mass is 10.3. The summed E-state index contributed by atoms with van der Waals surface area (Å²) >= 11 is 0. The zero-order valence-electron chi connectivity index (χ0n) is 8.94. The van der Waals surface area contributed by atoms with Gasteiger partial charge in [0.2, 0.25) is 0 Å². The third kappa shape index (κ3) is 2.34. The first kappa shape index (κ1) is 9.71. The summed E-state index contributed by atoms with van der Waals surface area (Å²) in [5, 5.41) is 7.36. The van der Waals surface area contributed by atoms with Crippen molar-refractivity contribution in [2.75, 3.05) is 5.32 Å². The fraction of sp³-hybridized carbons (Fsp3) is 0.273. The highest BCUT2D eigenvalue weighted by Crippen LogP contribution is 2.06. The van der Waals surface area contributed by atoms with Crippen LogP contribution in [0.3, 0.4) is 0 Å². The lowest BCUT2D eigenvalue weighted by molar-refractivity contribution is 0.720. The van der Waals surface area contributed by atoms with E-state index in [1.807, 2.05) is 42.9 Å². The molecule has 0 unspecified atom stereocenters. The minimum atomic E-state index is 0.743. The first-order valence-electron chi connectivity index (χ1n) is 4.90. The van der Waals surface area contributed by atoms with E-state index in [-0.39, 0.29) is 0 Å². The van der Waals surface area contributed by atoms with E-state index in [2.05, 4.69) is 15.4 Å². The van der Waals surface area contributed by atoms with Crippen molar-refractivity contribution in [1.82, 2.24) is 14.8 Å². The van der Waals surface area contributed by atoms with Gasteiger partial charge in [-0.3, -0.25) is 4.68 Å². The average Bonchev–Trinajstić information content (AvgIpc) is 2.61. The SMILES string of the molecule is Cc1cccc(NCc2ccnn2C)n1. The van der Waals surface area contributed by atoms with Gasteiger partial charge in [-0.25, -0.2) is 4.98 Å². The van der Waals surface area contributed by atoms with Crippen LogP contribution in [0.1, 0.15) is 11.4 Å². The molecule has 2 rings (SSSR count). The van der Waals surface area contributed by atoms with Gasteiger partial charge in [-0.1, -0.05) is 6.07 Å². The van der Waals surface area contributed by atoms with Gasteiger partial charge in [-0.05, 0) is 25.1 Å². The first-order chi connectivity index (χ1) is 7.25. The van der Waals surface area contributed by atoms with Gasteiger partial charge in [-0.15, -0.1) is 0 Å². The molecule has 0 radical (unpaired) electrons. The quantitative estimate of drug-likeness (QED) is 0.824. The fourth-order valence-electron chi connectivity index (χ4n) is 1.40. The van der Waals surface area contributed by atoms with Crippen molar-refractivity contribution < 1.29 is 0 Å². The van der Waals surface area contributed by atoms with E-state index in [1.54, 1.807) is 6.20 Å². The third-order valence-electron chi connectivity index (χ3n) is 2.26. The van der Waals surface area contributed by atoms with Crippen molar-refractivity contribution >= 4 is 5.82 Å². The fourth-order valence-corrected chi connectivity index (χ4v) is 1.40. The Kier molecular flexibility index (Phi) is 2.67. The van der Waals surface area contributed by atoms with Crippen LogP contribution in [0.25, 0.3) is 0 Å². The van der Waals surface area contributed by atoms with Crippen LogP contribution in [0, 0.1) is 6.92 Å². The normalized spacial score (nSPS) is 10.3. The molecule has 2 aromatic heterocycles. The Hall–Kier alpha value is -1.84. The molecular formula is C11H14N4. The number of pyridine rings is 1. The standard InChI is InChI=1S/C11H14N4/c1-9-4-3-5-11(14-9)12-8-10-6-7-13-15(10)2/h3-7H,8H2,1-2H3,(H,12,14). The summed E-state index contributed by atoms with van der Waals surface area (Å²) in [6.45, 7) is 2.72. The minimum absolute atomic E-state index is 0.743. The molecule has 0 aliphatic carbocycles. The molecule has 2 aromatic rings. The van der Waals surface area contributed by atoms with E-state index >= 15 is 0 Å². The summed E-state index contributed by atoms with van der Waals surface area (Å²) in [4.78, 5) is 4.36. The van der Waals surface area contributed by atoms with E-state index in [0.29, 0.717) is 0 Å². The molecule has 0 saturated heterocycles. The van der Waals surface area contributed by atoms with Crippen molar-refractivity contribution in [3.05, 3.63) is 41.9 Å². The van der Waals surface area contributed by atoms with Gasteiger partial charge < -0.3 is 5.32 Å². The topological polar surface area (TPSA) is 42.7 Å². The predicted molar refractivity (Wildman–Crippen MR) is 59.5 cm³/mol. The monoisotopic (exact) mass is 202 g/mol. The number of rotatable bonds is 3. The van der Waals surface area contributed by atoms with Crippen molar-refractivity contribution in [2.24, 2.45) is 7.05 Å². The molecule has 0 atom stereocenters. The minimum Gasteiger partial charge on any atom is -0.364 e.